The maximum absolute atomic E-state index is 13.7. The molecule has 0 spiro atoms. The van der Waals surface area contributed by atoms with Crippen LogP contribution in [0.15, 0.2) is 53.1 Å². The summed E-state index contributed by atoms with van der Waals surface area (Å²) in [6, 6.07) is 11.3. The fourth-order valence-electron chi connectivity index (χ4n) is 2.15. The first-order valence-corrected chi connectivity index (χ1v) is 7.35. The van der Waals surface area contributed by atoms with Crippen LogP contribution in [0.2, 0.25) is 5.02 Å². The van der Waals surface area contributed by atoms with Crippen LogP contribution >= 0.6 is 11.6 Å². The van der Waals surface area contributed by atoms with Crippen molar-refractivity contribution in [2.24, 2.45) is 0 Å². The summed E-state index contributed by atoms with van der Waals surface area (Å²) >= 11 is 5.84. The third-order valence-electron chi connectivity index (χ3n) is 3.21. The molecule has 0 aliphatic rings. The number of rotatable bonds is 4. The van der Waals surface area contributed by atoms with Gasteiger partial charge in [0.15, 0.2) is 5.76 Å². The van der Waals surface area contributed by atoms with Crippen molar-refractivity contribution in [3.8, 4) is 11.3 Å². The molecule has 0 saturated carbocycles. The maximum atomic E-state index is 13.7. The Bertz CT molecular complexity index is 896. The predicted octanol–water partition coefficient (Wildman–Crippen LogP) is 4.45. The molecule has 122 valence electrons. The average Bonchev–Trinajstić information content (AvgIpc) is 2.95. The molecule has 1 heterocycles. The van der Waals surface area contributed by atoms with Crippen LogP contribution in [0.4, 0.5) is 14.5 Å². The molecule has 3 rings (SSSR count). The minimum atomic E-state index is -0.763. The van der Waals surface area contributed by atoms with E-state index < -0.39 is 11.6 Å². The van der Waals surface area contributed by atoms with Gasteiger partial charge < -0.3 is 9.84 Å². The summed E-state index contributed by atoms with van der Waals surface area (Å²) in [5, 5.41) is 6.91. The van der Waals surface area contributed by atoms with Crippen LogP contribution in [0, 0.1) is 11.6 Å². The number of nitrogens with one attached hydrogen (secondary N) is 1. The van der Waals surface area contributed by atoms with E-state index in [4.69, 9.17) is 16.1 Å². The molecule has 0 radical (unpaired) electrons. The van der Waals surface area contributed by atoms with E-state index in [0.29, 0.717) is 16.4 Å². The molecule has 2 aromatic carbocycles. The molecular weight excluding hydrogens is 338 g/mol. The lowest BCUT2D eigenvalue weighted by atomic mass is 10.1. The van der Waals surface area contributed by atoms with Crippen molar-refractivity contribution < 1.29 is 18.1 Å². The lowest BCUT2D eigenvalue weighted by molar-refractivity contribution is -0.115. The highest BCUT2D eigenvalue weighted by Crippen LogP contribution is 2.24. The monoisotopic (exact) mass is 348 g/mol. The van der Waals surface area contributed by atoms with Gasteiger partial charge in [0, 0.05) is 22.8 Å². The van der Waals surface area contributed by atoms with E-state index in [1.807, 2.05) is 0 Å². The van der Waals surface area contributed by atoms with Crippen LogP contribution in [-0.4, -0.2) is 11.1 Å². The van der Waals surface area contributed by atoms with Gasteiger partial charge in [-0.3, -0.25) is 4.79 Å². The Labute approximate surface area is 141 Å². The van der Waals surface area contributed by atoms with Gasteiger partial charge in [-0.2, -0.15) is 0 Å². The van der Waals surface area contributed by atoms with Gasteiger partial charge in [-0.05, 0) is 30.3 Å². The van der Waals surface area contributed by atoms with Crippen LogP contribution in [0.5, 0.6) is 0 Å². The number of nitrogens with zero attached hydrogens (tertiary/aromatic N) is 1. The third-order valence-corrected chi connectivity index (χ3v) is 3.44. The van der Waals surface area contributed by atoms with E-state index >= 15 is 0 Å². The standard InChI is InChI=1S/C17H11ClF2N2O2/c18-10-2-1-3-12(6-10)21-17(23)9-13-8-16(24-22-13)14-5-4-11(19)7-15(14)20/h1-8H,9H2,(H,21,23). The van der Waals surface area contributed by atoms with Crippen LogP contribution in [0.1, 0.15) is 5.69 Å². The summed E-state index contributed by atoms with van der Waals surface area (Å²) < 4.78 is 31.7. The Hall–Kier alpha value is -2.73. The van der Waals surface area contributed by atoms with E-state index in [2.05, 4.69) is 10.5 Å². The number of benzene rings is 2. The van der Waals surface area contributed by atoms with Crippen LogP contribution in [0.25, 0.3) is 11.3 Å². The summed E-state index contributed by atoms with van der Waals surface area (Å²) in [7, 11) is 0. The predicted molar refractivity (Wildman–Crippen MR) is 85.6 cm³/mol. The van der Waals surface area contributed by atoms with Gasteiger partial charge in [0.2, 0.25) is 5.91 Å². The van der Waals surface area contributed by atoms with Crippen molar-refractivity contribution in [1.29, 1.82) is 0 Å². The maximum Gasteiger partial charge on any atom is 0.230 e. The molecule has 0 unspecified atom stereocenters. The Balaban J connectivity index is 1.70. The Morgan fingerprint density at radius 1 is 1.17 bits per heavy atom. The van der Waals surface area contributed by atoms with Crippen LogP contribution in [-0.2, 0) is 11.2 Å². The molecule has 7 heteroatoms. The molecule has 4 nitrogen and oxygen atoms in total. The molecule has 0 atom stereocenters. The average molecular weight is 349 g/mol. The highest BCUT2D eigenvalue weighted by molar-refractivity contribution is 6.30. The van der Waals surface area contributed by atoms with Gasteiger partial charge in [-0.25, -0.2) is 8.78 Å². The lowest BCUT2D eigenvalue weighted by Gasteiger charge is -2.03. The minimum absolute atomic E-state index is 0.0567. The minimum Gasteiger partial charge on any atom is -0.356 e. The Morgan fingerprint density at radius 2 is 2.00 bits per heavy atom. The van der Waals surface area contributed by atoms with Gasteiger partial charge in [0.1, 0.15) is 11.6 Å². The first-order chi connectivity index (χ1) is 11.5. The third kappa shape index (κ3) is 3.78. The molecular formula is C17H11ClF2N2O2. The molecule has 0 saturated heterocycles. The van der Waals surface area contributed by atoms with E-state index in [9.17, 15) is 13.6 Å². The molecule has 1 N–H and O–H groups in total. The molecule has 0 aliphatic carbocycles. The van der Waals surface area contributed by atoms with Gasteiger partial charge >= 0.3 is 0 Å². The number of amides is 1. The number of anilines is 1. The SMILES string of the molecule is O=C(Cc1cc(-c2ccc(F)cc2F)on1)Nc1cccc(Cl)c1. The summed E-state index contributed by atoms with van der Waals surface area (Å²) in [4.78, 5) is 12.0. The normalized spacial score (nSPS) is 10.6. The number of aromatic nitrogens is 1. The molecule has 24 heavy (non-hydrogen) atoms. The van der Waals surface area contributed by atoms with Crippen molar-refractivity contribution in [3.05, 3.63) is 70.9 Å². The number of carbonyl (C=O) groups is 1. The second-order valence-electron chi connectivity index (χ2n) is 5.04. The fourth-order valence-corrected chi connectivity index (χ4v) is 2.34. The zero-order chi connectivity index (χ0) is 17.1. The van der Waals surface area contributed by atoms with Gasteiger partial charge in [-0.1, -0.05) is 22.8 Å². The van der Waals surface area contributed by atoms with Crippen molar-refractivity contribution >= 4 is 23.2 Å². The van der Waals surface area contributed by atoms with Gasteiger partial charge in [0.25, 0.3) is 0 Å². The van der Waals surface area contributed by atoms with Crippen LogP contribution < -0.4 is 5.32 Å². The molecule has 0 fully saturated rings. The number of carbonyl (C=O) groups excluding carboxylic acids is 1. The fraction of sp³-hybridized carbons (Fsp3) is 0.0588. The second-order valence-corrected chi connectivity index (χ2v) is 5.48. The lowest BCUT2D eigenvalue weighted by Crippen LogP contribution is -2.14. The zero-order valence-corrected chi connectivity index (χ0v) is 13.0. The Morgan fingerprint density at radius 3 is 2.75 bits per heavy atom. The first kappa shape index (κ1) is 16.1. The number of hydrogen-bond donors (Lipinski definition) is 1. The van der Waals surface area contributed by atoms with E-state index in [1.54, 1.807) is 24.3 Å². The summed E-state index contributed by atoms with van der Waals surface area (Å²) in [6.45, 7) is 0. The van der Waals surface area contributed by atoms with Crippen molar-refractivity contribution in [2.45, 2.75) is 6.42 Å². The molecule has 1 amide bonds. The molecule has 0 aliphatic heterocycles. The summed E-state index contributed by atoms with van der Waals surface area (Å²) in [5.74, 6) is -1.65. The summed E-state index contributed by atoms with van der Waals surface area (Å²) in [5.41, 5.74) is 0.958. The van der Waals surface area contributed by atoms with Crippen molar-refractivity contribution in [3.63, 3.8) is 0 Å². The highest BCUT2D eigenvalue weighted by Gasteiger charge is 2.14. The van der Waals surface area contributed by atoms with Crippen LogP contribution in [0.3, 0.4) is 0 Å². The molecule has 1 aromatic heterocycles. The number of halogens is 3. The smallest absolute Gasteiger partial charge is 0.230 e. The quantitative estimate of drug-likeness (QED) is 0.757. The summed E-state index contributed by atoms with van der Waals surface area (Å²) in [6.07, 6.45) is -0.0567. The number of hydrogen-bond acceptors (Lipinski definition) is 3. The van der Waals surface area contributed by atoms with Crippen molar-refractivity contribution in [1.82, 2.24) is 5.16 Å². The zero-order valence-electron chi connectivity index (χ0n) is 12.2. The van der Waals surface area contributed by atoms with E-state index in [-0.39, 0.29) is 23.7 Å². The van der Waals surface area contributed by atoms with E-state index in [0.717, 1.165) is 12.1 Å². The molecule has 3 aromatic rings. The van der Waals surface area contributed by atoms with Gasteiger partial charge in [-0.15, -0.1) is 0 Å². The Kier molecular flexibility index (Phi) is 4.57. The second kappa shape index (κ2) is 6.80. The first-order valence-electron chi connectivity index (χ1n) is 6.98. The van der Waals surface area contributed by atoms with Gasteiger partial charge in [0.05, 0.1) is 17.7 Å². The highest BCUT2D eigenvalue weighted by atomic mass is 35.5. The van der Waals surface area contributed by atoms with Crippen molar-refractivity contribution in [2.75, 3.05) is 5.32 Å². The largest absolute Gasteiger partial charge is 0.356 e. The molecule has 0 bridgehead atoms. The van der Waals surface area contributed by atoms with E-state index in [1.165, 1.54) is 12.1 Å². The topological polar surface area (TPSA) is 55.1 Å².